The Kier molecular flexibility index (Phi) is 7.42. The average molecular weight is 537 g/mol. The Morgan fingerprint density at radius 3 is 2.67 bits per heavy atom. The molecule has 1 unspecified atom stereocenters. The third-order valence-electron chi connectivity index (χ3n) is 5.26. The van der Waals surface area contributed by atoms with Gasteiger partial charge in [0.15, 0.2) is 0 Å². The van der Waals surface area contributed by atoms with E-state index in [4.69, 9.17) is 14.2 Å². The number of rotatable bonds is 4. The first-order valence-electron chi connectivity index (χ1n) is 9.30. The second-order valence-corrected chi connectivity index (χ2v) is 6.85. The number of pyridine rings is 1. The molecule has 1 atom stereocenters. The quantitative estimate of drug-likeness (QED) is 0.608. The van der Waals surface area contributed by atoms with E-state index in [1.165, 1.54) is 11.1 Å². The summed E-state index contributed by atoms with van der Waals surface area (Å²) in [5.41, 5.74) is 4.93. The van der Waals surface area contributed by atoms with Gasteiger partial charge in [-0.05, 0) is 41.6 Å². The Balaban J connectivity index is 0.00000210. The van der Waals surface area contributed by atoms with E-state index in [2.05, 4.69) is 34.7 Å². The molecule has 2 aliphatic rings. The number of hydrogen-bond donors (Lipinski definition) is 1. The molecule has 27 heavy (non-hydrogen) atoms. The summed E-state index contributed by atoms with van der Waals surface area (Å²) < 4.78 is 16.6. The Labute approximate surface area is 175 Å². The molecule has 1 aromatic carbocycles. The number of morpholine rings is 1. The molecule has 5 nitrogen and oxygen atoms in total. The minimum absolute atomic E-state index is 0. The Morgan fingerprint density at radius 2 is 1.93 bits per heavy atom. The van der Waals surface area contributed by atoms with E-state index in [1.54, 1.807) is 7.11 Å². The molecule has 2 aromatic rings. The third kappa shape index (κ3) is 4.78. The van der Waals surface area contributed by atoms with Crippen molar-refractivity contribution in [2.45, 2.75) is 24.8 Å². The van der Waals surface area contributed by atoms with Gasteiger partial charge < -0.3 is 24.5 Å². The summed E-state index contributed by atoms with van der Waals surface area (Å²) in [6.45, 7) is 4.06. The molecular formula is C21H25N2O3W-. The molecule has 0 radical (unpaired) electrons. The number of ether oxygens (including phenoxy) is 3. The predicted octanol–water partition coefficient (Wildman–Crippen LogP) is 3.11. The fraction of sp³-hybridized carbons (Fsp3) is 0.476. The van der Waals surface area contributed by atoms with Crippen LogP contribution in [-0.4, -0.2) is 45.1 Å². The number of benzene rings is 1. The molecule has 0 aliphatic carbocycles. The molecular weight excluding hydrogens is 512 g/mol. The minimum Gasteiger partial charge on any atom is -0.521 e. The molecule has 0 saturated carbocycles. The Bertz CT molecular complexity index is 744. The first-order chi connectivity index (χ1) is 12.8. The summed E-state index contributed by atoms with van der Waals surface area (Å²) in [5, 5.41) is 3.61. The van der Waals surface area contributed by atoms with Crippen LogP contribution in [0.2, 0.25) is 0 Å². The van der Waals surface area contributed by atoms with Gasteiger partial charge in [0.05, 0.1) is 26.4 Å². The molecule has 0 bridgehead atoms. The van der Waals surface area contributed by atoms with Crippen LogP contribution in [0.3, 0.4) is 0 Å². The molecule has 4 rings (SSSR count). The number of hydrogen-bond acceptors (Lipinski definition) is 5. The molecule has 2 aliphatic heterocycles. The van der Waals surface area contributed by atoms with Crippen LogP contribution in [-0.2, 0) is 30.5 Å². The zero-order chi connectivity index (χ0) is 17.8. The molecule has 0 amide bonds. The van der Waals surface area contributed by atoms with Gasteiger partial charge in [0.1, 0.15) is 0 Å². The second kappa shape index (κ2) is 9.79. The van der Waals surface area contributed by atoms with Crippen LogP contribution in [0.25, 0.3) is 11.1 Å². The van der Waals surface area contributed by atoms with Gasteiger partial charge in [-0.25, -0.2) is 0 Å². The molecule has 6 heteroatoms. The van der Waals surface area contributed by atoms with Gasteiger partial charge in [0, 0.05) is 46.6 Å². The summed E-state index contributed by atoms with van der Waals surface area (Å²) in [6, 6.07) is 8.96. The van der Waals surface area contributed by atoms with E-state index in [-0.39, 0.29) is 27.1 Å². The second-order valence-electron chi connectivity index (χ2n) is 6.85. The summed E-state index contributed by atoms with van der Waals surface area (Å²) in [5.74, 6) is 1.20. The van der Waals surface area contributed by atoms with Gasteiger partial charge in [0.25, 0.3) is 0 Å². The molecule has 2 saturated heterocycles. The van der Waals surface area contributed by atoms with Crippen LogP contribution < -0.4 is 10.1 Å². The van der Waals surface area contributed by atoms with Gasteiger partial charge in [-0.3, -0.25) is 0 Å². The molecule has 3 heterocycles. The molecule has 144 valence electrons. The van der Waals surface area contributed by atoms with Gasteiger partial charge in [-0.2, -0.15) is 0 Å². The first kappa shape index (κ1) is 20.5. The van der Waals surface area contributed by atoms with Crippen molar-refractivity contribution >= 4 is 0 Å². The van der Waals surface area contributed by atoms with Crippen molar-refractivity contribution in [2.24, 2.45) is 0 Å². The summed E-state index contributed by atoms with van der Waals surface area (Å²) in [6.07, 6.45) is 6.84. The van der Waals surface area contributed by atoms with Gasteiger partial charge in [-0.15, -0.1) is 11.6 Å². The standard InChI is InChI=1S/C21H25N2O3.W/c1-24-18-10-17(12-22-13-18)16-2-3-19(15-4-7-25-8-5-15)20(11-16)21-14-26-9-6-23-21;/h2-3,10-12,15,21,23H,4-9,14H2,1H3;/q-1;. The van der Waals surface area contributed by atoms with E-state index in [0.717, 1.165) is 50.3 Å². The van der Waals surface area contributed by atoms with Crippen LogP contribution in [0.15, 0.2) is 30.5 Å². The number of aromatic nitrogens is 1. The first-order valence-corrected chi connectivity index (χ1v) is 9.30. The zero-order valence-electron chi connectivity index (χ0n) is 15.6. The van der Waals surface area contributed by atoms with Crippen molar-refractivity contribution in [3.63, 3.8) is 0 Å². The van der Waals surface area contributed by atoms with Crippen molar-refractivity contribution < 1.29 is 35.3 Å². The van der Waals surface area contributed by atoms with Crippen molar-refractivity contribution in [2.75, 3.05) is 40.1 Å². The van der Waals surface area contributed by atoms with E-state index in [9.17, 15) is 0 Å². The Morgan fingerprint density at radius 1 is 1.07 bits per heavy atom. The maximum Gasteiger partial charge on any atom is 0.0744 e. The monoisotopic (exact) mass is 537 g/mol. The van der Waals surface area contributed by atoms with Gasteiger partial charge in [-0.1, -0.05) is 24.4 Å². The van der Waals surface area contributed by atoms with E-state index in [0.29, 0.717) is 18.3 Å². The molecule has 0 spiro atoms. The van der Waals surface area contributed by atoms with Crippen LogP contribution in [0.1, 0.15) is 35.9 Å². The summed E-state index contributed by atoms with van der Waals surface area (Å²) >= 11 is 0. The Hall–Kier alpha value is -1.26. The van der Waals surface area contributed by atoms with E-state index >= 15 is 0 Å². The fourth-order valence-corrected chi connectivity index (χ4v) is 3.84. The van der Waals surface area contributed by atoms with Crippen LogP contribution in [0, 0.1) is 6.20 Å². The van der Waals surface area contributed by atoms with Crippen molar-refractivity contribution in [3.8, 4) is 16.9 Å². The number of nitrogens with zero attached hydrogens (tertiary/aromatic N) is 1. The molecule has 2 fully saturated rings. The van der Waals surface area contributed by atoms with Crippen LogP contribution in [0.4, 0.5) is 0 Å². The summed E-state index contributed by atoms with van der Waals surface area (Å²) in [4.78, 5) is 4.18. The largest absolute Gasteiger partial charge is 0.521 e. The predicted molar refractivity (Wildman–Crippen MR) is 99.4 cm³/mol. The maximum absolute atomic E-state index is 5.74. The molecule has 1 aromatic heterocycles. The minimum atomic E-state index is 0. The number of methoxy groups -OCH3 is 1. The summed E-state index contributed by atoms with van der Waals surface area (Å²) in [7, 11) is 1.64. The zero-order valence-corrected chi connectivity index (χ0v) is 18.5. The normalized spacial score (nSPS) is 20.7. The topological polar surface area (TPSA) is 52.6 Å². The smallest absolute Gasteiger partial charge is 0.0744 e. The van der Waals surface area contributed by atoms with E-state index in [1.807, 2.05) is 12.3 Å². The third-order valence-corrected chi connectivity index (χ3v) is 5.26. The van der Waals surface area contributed by atoms with Crippen LogP contribution in [0.5, 0.6) is 5.75 Å². The van der Waals surface area contributed by atoms with Crippen LogP contribution >= 0.6 is 0 Å². The van der Waals surface area contributed by atoms with Crippen molar-refractivity contribution in [1.29, 1.82) is 0 Å². The fourth-order valence-electron chi connectivity index (χ4n) is 3.84. The van der Waals surface area contributed by atoms with Crippen molar-refractivity contribution in [1.82, 2.24) is 10.3 Å². The molecule has 1 N–H and O–H groups in total. The van der Waals surface area contributed by atoms with E-state index < -0.39 is 0 Å². The van der Waals surface area contributed by atoms with Crippen molar-refractivity contribution in [3.05, 3.63) is 47.8 Å². The van der Waals surface area contributed by atoms with Gasteiger partial charge >= 0.3 is 0 Å². The average Bonchev–Trinajstić information content (AvgIpc) is 2.74. The SMILES string of the molecule is COc1[c-]ncc(-c2ccc(C3CCOCC3)c(C3COCCN3)c2)c1.[W]. The number of nitrogens with one attached hydrogen (secondary N) is 1. The maximum atomic E-state index is 5.74. The van der Waals surface area contributed by atoms with Gasteiger partial charge in [0.2, 0.25) is 0 Å².